The average molecular weight is 285 g/mol. The molecule has 0 spiro atoms. The van der Waals surface area contributed by atoms with Crippen LogP contribution >= 0.6 is 11.6 Å². The van der Waals surface area contributed by atoms with Crippen molar-refractivity contribution in [3.63, 3.8) is 0 Å². The second-order valence-corrected chi connectivity index (χ2v) is 7.48. The zero-order valence-corrected chi connectivity index (χ0v) is 13.3. The van der Waals surface area contributed by atoms with Crippen LogP contribution in [0.25, 0.3) is 0 Å². The van der Waals surface area contributed by atoms with E-state index in [4.69, 9.17) is 11.6 Å². The first-order valence-electron chi connectivity index (χ1n) is 8.20. The summed E-state index contributed by atoms with van der Waals surface area (Å²) in [6.45, 7) is 4.27. The van der Waals surface area contributed by atoms with Crippen molar-refractivity contribution in [2.24, 2.45) is 22.1 Å². The molecule has 2 aliphatic rings. The van der Waals surface area contributed by atoms with Crippen molar-refractivity contribution in [3.05, 3.63) is 0 Å². The van der Waals surface area contributed by atoms with Crippen LogP contribution in [0.4, 0.5) is 0 Å². The van der Waals surface area contributed by atoms with Crippen molar-refractivity contribution >= 4 is 11.6 Å². The van der Waals surface area contributed by atoms with Crippen LogP contribution in [0.1, 0.15) is 78.1 Å². The van der Waals surface area contributed by atoms with Crippen LogP contribution in [0.15, 0.2) is 10.2 Å². The molecule has 0 aromatic carbocycles. The van der Waals surface area contributed by atoms with E-state index in [0.717, 1.165) is 5.92 Å². The molecule has 2 atom stereocenters. The third-order valence-electron chi connectivity index (χ3n) is 5.12. The summed E-state index contributed by atoms with van der Waals surface area (Å²) in [4.78, 5) is -0.469. The fourth-order valence-electron chi connectivity index (χ4n) is 3.63. The maximum absolute atomic E-state index is 6.64. The number of halogens is 1. The monoisotopic (exact) mass is 284 g/mol. The molecule has 0 aromatic rings. The van der Waals surface area contributed by atoms with Gasteiger partial charge in [-0.3, -0.25) is 0 Å². The molecule has 0 N–H and O–H groups in total. The van der Waals surface area contributed by atoms with Crippen molar-refractivity contribution in [1.82, 2.24) is 0 Å². The summed E-state index contributed by atoms with van der Waals surface area (Å²) < 4.78 is 0. The van der Waals surface area contributed by atoms with Gasteiger partial charge in [0.25, 0.3) is 0 Å². The van der Waals surface area contributed by atoms with Crippen LogP contribution in [0.5, 0.6) is 0 Å². The first-order valence-corrected chi connectivity index (χ1v) is 8.58. The normalized spacial score (nSPS) is 28.4. The molecule has 3 heteroatoms. The Bertz CT molecular complexity index is 289. The van der Waals surface area contributed by atoms with Crippen molar-refractivity contribution in [2.75, 3.05) is 0 Å². The highest BCUT2D eigenvalue weighted by atomic mass is 35.5. The van der Waals surface area contributed by atoms with Gasteiger partial charge in [0.2, 0.25) is 0 Å². The van der Waals surface area contributed by atoms with Crippen LogP contribution in [0.2, 0.25) is 0 Å². The molecular weight excluding hydrogens is 256 g/mol. The van der Waals surface area contributed by atoms with E-state index in [9.17, 15) is 0 Å². The number of azo groups is 1. The topological polar surface area (TPSA) is 24.7 Å². The van der Waals surface area contributed by atoms with Crippen molar-refractivity contribution in [2.45, 2.75) is 89.1 Å². The lowest BCUT2D eigenvalue weighted by molar-refractivity contribution is 0.269. The minimum atomic E-state index is -0.469. The Hall–Kier alpha value is -0.110. The largest absolute Gasteiger partial charge is 0.189 e. The molecule has 2 aliphatic carbocycles. The van der Waals surface area contributed by atoms with Gasteiger partial charge in [0.05, 0.1) is 6.04 Å². The van der Waals surface area contributed by atoms with Gasteiger partial charge in [-0.1, -0.05) is 50.1 Å². The molecular formula is C16H29ClN2. The minimum absolute atomic E-state index is 0.349. The van der Waals surface area contributed by atoms with Gasteiger partial charge in [0.1, 0.15) is 0 Å². The summed E-state index contributed by atoms with van der Waals surface area (Å²) in [5.74, 6) is 1.25. The minimum Gasteiger partial charge on any atom is -0.189 e. The third-order valence-corrected chi connectivity index (χ3v) is 5.50. The van der Waals surface area contributed by atoms with Gasteiger partial charge >= 0.3 is 0 Å². The van der Waals surface area contributed by atoms with E-state index >= 15 is 0 Å². The summed E-state index contributed by atoms with van der Waals surface area (Å²) in [7, 11) is 0. The smallest absolute Gasteiger partial charge is 0.154 e. The van der Waals surface area contributed by atoms with E-state index in [1.807, 2.05) is 0 Å². The van der Waals surface area contributed by atoms with Gasteiger partial charge in [0, 0.05) is 0 Å². The Morgan fingerprint density at radius 2 is 1.47 bits per heavy atom. The van der Waals surface area contributed by atoms with Gasteiger partial charge in [-0.15, -0.1) is 0 Å². The summed E-state index contributed by atoms with van der Waals surface area (Å²) in [6.07, 6.45) is 13.2. The SMILES string of the molecule is CC(N=NC(C)(Cl)C1CCCCC1)C1CCCCC1. The first-order chi connectivity index (χ1) is 9.09. The standard InChI is InChI=1S/C16H29ClN2/c1-13(14-9-5-3-6-10-14)18-19-16(2,17)15-11-7-4-8-12-15/h13-15H,3-12H2,1-2H3. The lowest BCUT2D eigenvalue weighted by Gasteiger charge is -2.31. The molecule has 19 heavy (non-hydrogen) atoms. The number of hydrogen-bond donors (Lipinski definition) is 0. The Balaban J connectivity index is 1.87. The molecule has 0 saturated heterocycles. The highest BCUT2D eigenvalue weighted by Gasteiger charge is 2.33. The first kappa shape index (κ1) is 15.3. The van der Waals surface area contributed by atoms with E-state index in [1.165, 1.54) is 64.2 Å². The highest BCUT2D eigenvalue weighted by Crippen LogP contribution is 2.38. The Kier molecular flexibility index (Phi) is 5.68. The molecule has 2 fully saturated rings. The van der Waals surface area contributed by atoms with Crippen molar-refractivity contribution < 1.29 is 0 Å². The van der Waals surface area contributed by atoms with Crippen LogP contribution in [-0.4, -0.2) is 11.0 Å². The van der Waals surface area contributed by atoms with Crippen molar-refractivity contribution in [3.8, 4) is 0 Å². The molecule has 0 bridgehead atoms. The predicted molar refractivity (Wildman–Crippen MR) is 81.7 cm³/mol. The quantitative estimate of drug-likeness (QED) is 0.346. The Labute approximate surface area is 123 Å². The zero-order valence-electron chi connectivity index (χ0n) is 12.6. The lowest BCUT2D eigenvalue weighted by Crippen LogP contribution is -2.28. The van der Waals surface area contributed by atoms with E-state index in [0.29, 0.717) is 12.0 Å². The van der Waals surface area contributed by atoms with Gasteiger partial charge in [-0.05, 0) is 51.4 Å². The molecule has 110 valence electrons. The summed E-state index contributed by atoms with van der Waals surface area (Å²) in [5, 5.41) is 9.13. The molecule has 0 aromatic heterocycles. The van der Waals surface area contributed by atoms with Gasteiger partial charge in [-0.25, -0.2) is 0 Å². The van der Waals surface area contributed by atoms with Gasteiger partial charge < -0.3 is 0 Å². The number of hydrogen-bond acceptors (Lipinski definition) is 2. The number of alkyl halides is 1. The molecule has 0 heterocycles. The molecule has 0 aliphatic heterocycles. The molecule has 2 saturated carbocycles. The maximum atomic E-state index is 6.64. The predicted octanol–water partition coefficient (Wildman–Crippen LogP) is 5.94. The lowest BCUT2D eigenvalue weighted by atomic mass is 9.84. The fourth-order valence-corrected chi connectivity index (χ4v) is 3.89. The summed E-state index contributed by atoms with van der Waals surface area (Å²) >= 11 is 6.64. The fraction of sp³-hybridized carbons (Fsp3) is 1.00. The zero-order chi connectivity index (χ0) is 13.7. The molecule has 0 radical (unpaired) electrons. The average Bonchev–Trinajstić information content (AvgIpc) is 2.47. The van der Waals surface area contributed by atoms with Crippen LogP contribution in [0.3, 0.4) is 0 Å². The van der Waals surface area contributed by atoms with E-state index in [-0.39, 0.29) is 0 Å². The van der Waals surface area contributed by atoms with E-state index in [2.05, 4.69) is 24.1 Å². The summed E-state index contributed by atoms with van der Waals surface area (Å²) in [6, 6.07) is 0.349. The Morgan fingerprint density at radius 1 is 0.947 bits per heavy atom. The second-order valence-electron chi connectivity index (χ2n) is 6.71. The highest BCUT2D eigenvalue weighted by molar-refractivity contribution is 6.23. The van der Waals surface area contributed by atoms with E-state index in [1.54, 1.807) is 0 Å². The van der Waals surface area contributed by atoms with E-state index < -0.39 is 5.00 Å². The molecule has 2 rings (SSSR count). The van der Waals surface area contributed by atoms with Crippen LogP contribution in [0, 0.1) is 11.8 Å². The molecule has 2 nitrogen and oxygen atoms in total. The number of nitrogens with zero attached hydrogens (tertiary/aromatic N) is 2. The molecule has 2 unspecified atom stereocenters. The van der Waals surface area contributed by atoms with Crippen LogP contribution in [-0.2, 0) is 0 Å². The molecule has 0 amide bonds. The van der Waals surface area contributed by atoms with Crippen LogP contribution < -0.4 is 0 Å². The Morgan fingerprint density at radius 3 is 2.05 bits per heavy atom. The number of rotatable bonds is 4. The maximum Gasteiger partial charge on any atom is 0.154 e. The van der Waals surface area contributed by atoms with Gasteiger partial charge in [0.15, 0.2) is 5.00 Å². The second kappa shape index (κ2) is 7.06. The van der Waals surface area contributed by atoms with Gasteiger partial charge in [-0.2, -0.15) is 10.2 Å². The summed E-state index contributed by atoms with van der Waals surface area (Å²) in [5.41, 5.74) is 0. The van der Waals surface area contributed by atoms with Crippen molar-refractivity contribution in [1.29, 1.82) is 0 Å². The third kappa shape index (κ3) is 4.44.